The molecule has 37 heavy (non-hydrogen) atoms. The number of urea groups is 1. The molecule has 0 bridgehead atoms. The fourth-order valence-electron chi connectivity index (χ4n) is 4.30. The number of ether oxygens (including phenoxy) is 3. The molecule has 0 radical (unpaired) electrons. The van der Waals surface area contributed by atoms with Gasteiger partial charge in [-0.2, -0.15) is 0 Å². The van der Waals surface area contributed by atoms with Crippen LogP contribution in [0.4, 0.5) is 16.2 Å². The van der Waals surface area contributed by atoms with Crippen molar-refractivity contribution in [1.82, 2.24) is 4.90 Å². The van der Waals surface area contributed by atoms with Crippen molar-refractivity contribution in [3.63, 3.8) is 0 Å². The average Bonchev–Trinajstić information content (AvgIpc) is 3.43. The minimum atomic E-state index is -1.01. The molecule has 190 valence electrons. The van der Waals surface area contributed by atoms with Crippen LogP contribution in [0.5, 0.6) is 17.2 Å². The summed E-state index contributed by atoms with van der Waals surface area (Å²) in [6, 6.07) is 17.2. The van der Waals surface area contributed by atoms with Gasteiger partial charge in [-0.25, -0.2) is 9.69 Å². The van der Waals surface area contributed by atoms with E-state index in [0.29, 0.717) is 40.3 Å². The number of halogens is 1. The first-order valence-electron chi connectivity index (χ1n) is 11.7. The molecular weight excluding hydrogens is 498 g/mol. The van der Waals surface area contributed by atoms with E-state index in [1.54, 1.807) is 66.7 Å². The summed E-state index contributed by atoms with van der Waals surface area (Å²) in [6.45, 7) is 2.58. The number of hydrogen-bond acceptors (Lipinski definition) is 6. The molecule has 0 spiro atoms. The summed E-state index contributed by atoms with van der Waals surface area (Å²) in [5, 5.41) is 3.28. The summed E-state index contributed by atoms with van der Waals surface area (Å²) in [5.41, 5.74) is 1.64. The Morgan fingerprint density at radius 1 is 1.05 bits per heavy atom. The summed E-state index contributed by atoms with van der Waals surface area (Å²) < 4.78 is 16.3. The third kappa shape index (κ3) is 5.17. The van der Waals surface area contributed by atoms with E-state index >= 15 is 0 Å². The third-order valence-electron chi connectivity index (χ3n) is 6.00. The molecule has 10 heteroatoms. The second-order valence-corrected chi connectivity index (χ2v) is 8.91. The zero-order chi connectivity index (χ0) is 25.9. The lowest BCUT2D eigenvalue weighted by Crippen LogP contribution is -2.37. The van der Waals surface area contributed by atoms with Gasteiger partial charge in [0.05, 0.1) is 18.7 Å². The number of hydrogen-bond donors (Lipinski definition) is 1. The maximum atomic E-state index is 13.5. The lowest BCUT2D eigenvalue weighted by atomic mass is 10.1. The Hall–Kier alpha value is -4.24. The molecule has 1 saturated heterocycles. The van der Waals surface area contributed by atoms with Crippen molar-refractivity contribution in [3.8, 4) is 17.2 Å². The van der Waals surface area contributed by atoms with Gasteiger partial charge in [0.15, 0.2) is 11.5 Å². The number of fused-ring (bicyclic) bond motifs is 1. The van der Waals surface area contributed by atoms with Crippen molar-refractivity contribution in [3.05, 3.63) is 77.3 Å². The first kappa shape index (κ1) is 24.5. The van der Waals surface area contributed by atoms with Crippen molar-refractivity contribution in [2.24, 2.45) is 0 Å². The molecule has 3 aromatic rings. The lowest BCUT2D eigenvalue weighted by Gasteiger charge is -2.22. The van der Waals surface area contributed by atoms with Crippen LogP contribution in [0.15, 0.2) is 66.7 Å². The number of benzene rings is 3. The Bertz CT molecular complexity index is 1350. The van der Waals surface area contributed by atoms with E-state index in [1.165, 1.54) is 4.90 Å². The maximum absolute atomic E-state index is 13.5. The number of anilines is 2. The van der Waals surface area contributed by atoms with E-state index in [-0.39, 0.29) is 19.8 Å². The number of amides is 4. The zero-order valence-electron chi connectivity index (χ0n) is 20.0. The van der Waals surface area contributed by atoms with Gasteiger partial charge in [-0.1, -0.05) is 23.7 Å². The SMILES string of the molecule is CCOc1cccc(NC(=O)C[C@H]2C(=O)N(c3ccc(Cl)cc3)C(=O)N2Cc2ccc3c(c2)OCO3)c1. The highest BCUT2D eigenvalue weighted by Crippen LogP contribution is 2.35. The molecule has 1 N–H and O–H groups in total. The predicted molar refractivity (Wildman–Crippen MR) is 137 cm³/mol. The van der Waals surface area contributed by atoms with Crippen LogP contribution in [0.3, 0.4) is 0 Å². The van der Waals surface area contributed by atoms with Crippen LogP contribution in [0.1, 0.15) is 18.9 Å². The van der Waals surface area contributed by atoms with Gasteiger partial charge in [-0.05, 0) is 61.0 Å². The molecule has 3 aromatic carbocycles. The molecule has 2 aliphatic heterocycles. The Balaban J connectivity index is 1.39. The molecule has 2 heterocycles. The summed E-state index contributed by atoms with van der Waals surface area (Å²) in [6.07, 6.45) is -0.224. The minimum absolute atomic E-state index is 0.100. The zero-order valence-corrected chi connectivity index (χ0v) is 20.7. The van der Waals surface area contributed by atoms with E-state index in [9.17, 15) is 14.4 Å². The summed E-state index contributed by atoms with van der Waals surface area (Å²) in [4.78, 5) is 42.5. The highest BCUT2D eigenvalue weighted by Gasteiger charge is 2.46. The highest BCUT2D eigenvalue weighted by atomic mass is 35.5. The largest absolute Gasteiger partial charge is 0.494 e. The number of nitrogens with zero attached hydrogens (tertiary/aromatic N) is 2. The fraction of sp³-hybridized carbons (Fsp3) is 0.222. The van der Waals surface area contributed by atoms with Crippen LogP contribution in [0.2, 0.25) is 5.02 Å². The second-order valence-electron chi connectivity index (χ2n) is 8.48. The Morgan fingerprint density at radius 3 is 2.62 bits per heavy atom. The molecule has 0 saturated carbocycles. The minimum Gasteiger partial charge on any atom is -0.494 e. The van der Waals surface area contributed by atoms with Gasteiger partial charge in [0.2, 0.25) is 12.7 Å². The third-order valence-corrected chi connectivity index (χ3v) is 6.25. The standard InChI is InChI=1S/C27H24ClN3O6/c1-2-35-21-5-3-4-19(13-21)29-25(32)14-22-26(33)31(20-9-7-18(28)8-10-20)27(34)30(22)15-17-6-11-23-24(12-17)37-16-36-23/h3-13,22H,2,14-16H2,1H3,(H,29,32)/t22-/m0/s1. The Kier molecular flexibility index (Phi) is 6.87. The molecule has 2 aliphatic rings. The van der Waals surface area contributed by atoms with E-state index in [2.05, 4.69) is 5.32 Å². The van der Waals surface area contributed by atoms with Gasteiger partial charge >= 0.3 is 6.03 Å². The lowest BCUT2D eigenvalue weighted by molar-refractivity contribution is -0.124. The van der Waals surface area contributed by atoms with Crippen molar-refractivity contribution in [1.29, 1.82) is 0 Å². The highest BCUT2D eigenvalue weighted by molar-refractivity contribution is 6.30. The van der Waals surface area contributed by atoms with Gasteiger partial charge in [0, 0.05) is 23.3 Å². The predicted octanol–water partition coefficient (Wildman–Crippen LogP) is 4.83. The Labute approximate surface area is 218 Å². The molecule has 0 aromatic heterocycles. The average molecular weight is 522 g/mol. The number of rotatable bonds is 8. The maximum Gasteiger partial charge on any atom is 0.332 e. The first-order chi connectivity index (χ1) is 17.9. The van der Waals surface area contributed by atoms with E-state index in [0.717, 1.165) is 10.5 Å². The van der Waals surface area contributed by atoms with Crippen molar-refractivity contribution < 1.29 is 28.6 Å². The number of imide groups is 1. The Morgan fingerprint density at radius 2 is 1.84 bits per heavy atom. The second kappa shape index (κ2) is 10.4. The van der Waals surface area contributed by atoms with Crippen molar-refractivity contribution in [2.75, 3.05) is 23.6 Å². The van der Waals surface area contributed by atoms with Crippen LogP contribution in [0, 0.1) is 0 Å². The topological polar surface area (TPSA) is 97.4 Å². The van der Waals surface area contributed by atoms with Crippen LogP contribution < -0.4 is 24.4 Å². The van der Waals surface area contributed by atoms with Crippen LogP contribution in [-0.2, 0) is 16.1 Å². The number of nitrogens with one attached hydrogen (secondary N) is 1. The quantitative estimate of drug-likeness (QED) is 0.426. The monoisotopic (exact) mass is 521 g/mol. The van der Waals surface area contributed by atoms with Crippen molar-refractivity contribution >= 4 is 40.8 Å². The van der Waals surface area contributed by atoms with Crippen LogP contribution in [0.25, 0.3) is 0 Å². The van der Waals surface area contributed by atoms with Crippen LogP contribution >= 0.6 is 11.6 Å². The molecular formula is C27H24ClN3O6. The number of carbonyl (C=O) groups excluding carboxylic acids is 3. The van der Waals surface area contributed by atoms with E-state index < -0.39 is 23.9 Å². The molecule has 0 aliphatic carbocycles. The van der Waals surface area contributed by atoms with Gasteiger partial charge < -0.3 is 24.4 Å². The van der Waals surface area contributed by atoms with Gasteiger partial charge in [0.25, 0.3) is 5.91 Å². The summed E-state index contributed by atoms with van der Waals surface area (Å²) >= 11 is 6.00. The van der Waals surface area contributed by atoms with E-state index in [1.807, 2.05) is 6.92 Å². The van der Waals surface area contributed by atoms with Gasteiger partial charge in [-0.3, -0.25) is 9.59 Å². The molecule has 0 unspecified atom stereocenters. The molecule has 4 amide bonds. The number of carbonyl (C=O) groups is 3. The van der Waals surface area contributed by atoms with Crippen molar-refractivity contribution in [2.45, 2.75) is 25.9 Å². The van der Waals surface area contributed by atoms with E-state index in [4.69, 9.17) is 25.8 Å². The normalized spacial score (nSPS) is 16.3. The summed E-state index contributed by atoms with van der Waals surface area (Å²) in [7, 11) is 0. The van der Waals surface area contributed by atoms with Gasteiger partial charge in [-0.15, -0.1) is 0 Å². The van der Waals surface area contributed by atoms with Crippen LogP contribution in [-0.4, -0.2) is 42.2 Å². The molecule has 9 nitrogen and oxygen atoms in total. The fourth-order valence-corrected chi connectivity index (χ4v) is 4.42. The first-order valence-corrected chi connectivity index (χ1v) is 12.1. The molecule has 5 rings (SSSR count). The van der Waals surface area contributed by atoms with Gasteiger partial charge in [0.1, 0.15) is 11.8 Å². The molecule has 1 atom stereocenters. The smallest absolute Gasteiger partial charge is 0.332 e. The summed E-state index contributed by atoms with van der Waals surface area (Å²) in [5.74, 6) is 0.888. The molecule has 1 fully saturated rings.